The van der Waals surface area contributed by atoms with E-state index < -0.39 is 0 Å². The Morgan fingerprint density at radius 3 is 2.62 bits per heavy atom. The number of ether oxygens (including phenoxy) is 1. The molecule has 4 aromatic rings. The number of H-pyrrole nitrogens is 1. The molecule has 0 bridgehead atoms. The molecule has 0 saturated carbocycles. The van der Waals surface area contributed by atoms with Crippen molar-refractivity contribution in [1.82, 2.24) is 4.98 Å². The highest BCUT2D eigenvalue weighted by Gasteiger charge is 2.15. The van der Waals surface area contributed by atoms with E-state index in [-0.39, 0.29) is 12.4 Å². The van der Waals surface area contributed by atoms with E-state index >= 15 is 0 Å². The first-order valence-corrected chi connectivity index (χ1v) is 6.65. The second kappa shape index (κ2) is 4.93. The lowest BCUT2D eigenvalue weighted by Gasteiger charge is -2.04. The van der Waals surface area contributed by atoms with Crippen LogP contribution < -0.4 is 21.7 Å². The van der Waals surface area contributed by atoms with Gasteiger partial charge in [-0.1, -0.05) is 12.1 Å². The molecule has 2 aromatic carbocycles. The number of halogens is 1. The number of aryl methyl sites for hydroxylation is 1. The summed E-state index contributed by atoms with van der Waals surface area (Å²) in [6.45, 7) is 0. The van der Waals surface area contributed by atoms with E-state index in [4.69, 9.17) is 4.74 Å². The number of hydrogen-bond acceptors (Lipinski definition) is 1. The van der Waals surface area contributed by atoms with E-state index in [0.717, 1.165) is 11.4 Å². The molecular formula is C17H15ClN2O. The SMILES string of the molecule is COc1ccc2c(c1)cc1c3ccccc3[nH]c1[n+]2C.[Cl-]. The summed E-state index contributed by atoms with van der Waals surface area (Å²) in [7, 11) is 3.79. The third-order valence-electron chi connectivity index (χ3n) is 3.96. The molecule has 0 atom stereocenters. The van der Waals surface area contributed by atoms with Crippen LogP contribution in [0.4, 0.5) is 0 Å². The number of para-hydroxylation sites is 1. The van der Waals surface area contributed by atoms with Crippen molar-refractivity contribution in [2.75, 3.05) is 7.11 Å². The monoisotopic (exact) mass is 298 g/mol. The zero-order valence-corrected chi connectivity index (χ0v) is 12.6. The van der Waals surface area contributed by atoms with Gasteiger partial charge in [-0.05, 0) is 36.4 Å². The molecule has 0 aliphatic heterocycles. The molecule has 0 radical (unpaired) electrons. The van der Waals surface area contributed by atoms with Gasteiger partial charge in [-0.2, -0.15) is 0 Å². The highest BCUT2D eigenvalue weighted by molar-refractivity contribution is 6.07. The van der Waals surface area contributed by atoms with Gasteiger partial charge in [-0.15, -0.1) is 0 Å². The van der Waals surface area contributed by atoms with Gasteiger partial charge in [0, 0.05) is 10.8 Å². The average Bonchev–Trinajstić information content (AvgIpc) is 2.86. The Balaban J connectivity index is 0.00000132. The van der Waals surface area contributed by atoms with E-state index in [1.165, 1.54) is 27.2 Å². The number of pyridine rings is 1. The van der Waals surface area contributed by atoms with E-state index in [1.54, 1.807) is 7.11 Å². The van der Waals surface area contributed by atoms with Crippen molar-refractivity contribution in [3.05, 3.63) is 48.5 Å². The van der Waals surface area contributed by atoms with Crippen LogP contribution in [-0.4, -0.2) is 12.1 Å². The van der Waals surface area contributed by atoms with E-state index in [1.807, 2.05) is 6.07 Å². The Morgan fingerprint density at radius 1 is 1.00 bits per heavy atom. The van der Waals surface area contributed by atoms with Gasteiger partial charge in [0.25, 0.3) is 5.65 Å². The van der Waals surface area contributed by atoms with Gasteiger partial charge in [-0.3, -0.25) is 0 Å². The van der Waals surface area contributed by atoms with Gasteiger partial charge in [-0.25, -0.2) is 9.55 Å². The van der Waals surface area contributed by atoms with Gasteiger partial charge in [0.2, 0.25) is 0 Å². The summed E-state index contributed by atoms with van der Waals surface area (Å²) in [4.78, 5) is 3.50. The lowest BCUT2D eigenvalue weighted by molar-refractivity contribution is -0.619. The Bertz CT molecular complexity index is 959. The summed E-state index contributed by atoms with van der Waals surface area (Å²) in [5, 5.41) is 3.68. The third kappa shape index (κ3) is 1.93. The second-order valence-corrected chi connectivity index (χ2v) is 5.06. The van der Waals surface area contributed by atoms with Crippen LogP contribution in [-0.2, 0) is 7.05 Å². The first-order chi connectivity index (χ1) is 9.78. The molecule has 3 nitrogen and oxygen atoms in total. The number of fused-ring (bicyclic) bond motifs is 4. The number of nitrogens with zero attached hydrogens (tertiary/aromatic N) is 1. The number of rotatable bonds is 1. The maximum Gasteiger partial charge on any atom is 0.287 e. The highest BCUT2D eigenvalue weighted by atomic mass is 35.5. The topological polar surface area (TPSA) is 28.9 Å². The standard InChI is InChI=1S/C17H14N2O.ClH/c1-19-16-8-7-12(20-2)9-11(16)10-14-13-5-3-4-6-15(13)18-17(14)19;/h3-10H,1-2H3;1H. The average molecular weight is 299 g/mol. The molecule has 0 aliphatic carbocycles. The summed E-state index contributed by atoms with van der Waals surface area (Å²) in [6.07, 6.45) is 0. The second-order valence-electron chi connectivity index (χ2n) is 5.06. The molecule has 4 heteroatoms. The van der Waals surface area contributed by atoms with Gasteiger partial charge in [0.05, 0.1) is 19.5 Å². The first-order valence-electron chi connectivity index (χ1n) is 6.65. The molecule has 0 fully saturated rings. The minimum Gasteiger partial charge on any atom is -1.00 e. The zero-order chi connectivity index (χ0) is 13.7. The number of aromatic amines is 1. The first kappa shape index (κ1) is 13.7. The van der Waals surface area contributed by atoms with Crippen LogP contribution in [0.3, 0.4) is 0 Å². The fourth-order valence-electron chi connectivity index (χ4n) is 2.92. The molecule has 4 rings (SSSR count). The zero-order valence-electron chi connectivity index (χ0n) is 11.9. The van der Waals surface area contributed by atoms with Crippen molar-refractivity contribution in [1.29, 1.82) is 0 Å². The van der Waals surface area contributed by atoms with Crippen molar-refractivity contribution in [2.24, 2.45) is 7.05 Å². The summed E-state index contributed by atoms with van der Waals surface area (Å²) < 4.78 is 7.52. The summed E-state index contributed by atoms with van der Waals surface area (Å²) in [5.41, 5.74) is 3.49. The smallest absolute Gasteiger partial charge is 0.287 e. The Labute approximate surface area is 128 Å². The largest absolute Gasteiger partial charge is 1.00 e. The predicted octanol–water partition coefficient (Wildman–Crippen LogP) is 0.311. The lowest BCUT2D eigenvalue weighted by Crippen LogP contribution is -3.00. The molecule has 2 heterocycles. The summed E-state index contributed by atoms with van der Waals surface area (Å²) >= 11 is 0. The fraction of sp³-hybridized carbons (Fsp3) is 0.118. The number of aromatic nitrogens is 2. The molecule has 2 aromatic heterocycles. The van der Waals surface area contributed by atoms with Crippen LogP contribution in [0.5, 0.6) is 5.75 Å². The van der Waals surface area contributed by atoms with Crippen LogP contribution in [0, 0.1) is 0 Å². The number of hydrogen-bond donors (Lipinski definition) is 1. The molecule has 1 N–H and O–H groups in total. The fourth-order valence-corrected chi connectivity index (χ4v) is 2.92. The third-order valence-corrected chi connectivity index (χ3v) is 3.96. The number of benzene rings is 2. The summed E-state index contributed by atoms with van der Waals surface area (Å²) in [6, 6.07) is 16.8. The Kier molecular flexibility index (Phi) is 3.22. The molecule has 0 aliphatic rings. The van der Waals surface area contributed by atoms with E-state index in [2.05, 4.69) is 59.1 Å². The van der Waals surface area contributed by atoms with Crippen molar-refractivity contribution in [2.45, 2.75) is 0 Å². The maximum absolute atomic E-state index is 5.33. The van der Waals surface area contributed by atoms with Crippen LogP contribution >= 0.6 is 0 Å². The Morgan fingerprint density at radius 2 is 1.81 bits per heavy atom. The van der Waals surface area contributed by atoms with E-state index in [9.17, 15) is 0 Å². The number of methoxy groups -OCH3 is 1. The van der Waals surface area contributed by atoms with Crippen molar-refractivity contribution in [3.63, 3.8) is 0 Å². The van der Waals surface area contributed by atoms with Crippen LogP contribution in [0.2, 0.25) is 0 Å². The maximum atomic E-state index is 5.33. The molecular weight excluding hydrogens is 284 g/mol. The van der Waals surface area contributed by atoms with Crippen LogP contribution in [0.25, 0.3) is 32.8 Å². The summed E-state index contributed by atoms with van der Waals surface area (Å²) in [5.74, 6) is 0.886. The minimum atomic E-state index is 0. The van der Waals surface area contributed by atoms with Crippen molar-refractivity contribution >= 4 is 32.8 Å². The molecule has 0 amide bonds. The number of nitrogens with one attached hydrogen (secondary N) is 1. The van der Waals surface area contributed by atoms with Crippen molar-refractivity contribution in [3.8, 4) is 5.75 Å². The molecule has 21 heavy (non-hydrogen) atoms. The van der Waals surface area contributed by atoms with Crippen LogP contribution in [0.1, 0.15) is 0 Å². The Hall–Kier alpha value is -2.26. The minimum absolute atomic E-state index is 0. The molecule has 0 spiro atoms. The van der Waals surface area contributed by atoms with Gasteiger partial charge in [0.15, 0.2) is 0 Å². The van der Waals surface area contributed by atoms with Gasteiger partial charge >= 0.3 is 0 Å². The normalized spacial score (nSPS) is 11.0. The quantitative estimate of drug-likeness (QED) is 0.504. The molecule has 0 saturated heterocycles. The lowest BCUT2D eigenvalue weighted by atomic mass is 10.1. The van der Waals surface area contributed by atoms with Gasteiger partial charge in [0.1, 0.15) is 16.8 Å². The van der Waals surface area contributed by atoms with Crippen molar-refractivity contribution < 1.29 is 21.7 Å². The molecule has 106 valence electrons. The van der Waals surface area contributed by atoms with Crippen LogP contribution in [0.15, 0.2) is 48.5 Å². The predicted molar refractivity (Wildman–Crippen MR) is 81.0 cm³/mol. The van der Waals surface area contributed by atoms with E-state index in [0.29, 0.717) is 0 Å². The van der Waals surface area contributed by atoms with Gasteiger partial charge < -0.3 is 17.1 Å². The highest BCUT2D eigenvalue weighted by Crippen LogP contribution is 2.27. The molecule has 0 unspecified atom stereocenters.